The standard InChI is InChI=1S/C15H20BrNOS2/c16-11-1-2-13(17)14(9-11)20-12-3-6-18-15(10-12)4-7-19-8-5-15/h1-2,9,12H,3-8,10,17H2. The second kappa shape index (κ2) is 6.51. The minimum atomic E-state index is 0.155. The predicted octanol–water partition coefficient (Wildman–Crippen LogP) is 4.57. The Morgan fingerprint density at radius 2 is 2.15 bits per heavy atom. The van der Waals surface area contributed by atoms with Crippen molar-refractivity contribution in [3.05, 3.63) is 22.7 Å². The van der Waals surface area contributed by atoms with Crippen LogP contribution in [0.25, 0.3) is 0 Å². The lowest BCUT2D eigenvalue weighted by Crippen LogP contribution is -2.43. The maximum absolute atomic E-state index is 6.16. The van der Waals surface area contributed by atoms with Gasteiger partial charge in [0.15, 0.2) is 0 Å². The van der Waals surface area contributed by atoms with Gasteiger partial charge >= 0.3 is 0 Å². The van der Waals surface area contributed by atoms with Gasteiger partial charge in [0.05, 0.1) is 5.60 Å². The molecule has 0 amide bonds. The number of anilines is 1. The first-order chi connectivity index (χ1) is 9.67. The predicted molar refractivity (Wildman–Crippen MR) is 92.7 cm³/mol. The summed E-state index contributed by atoms with van der Waals surface area (Å²) in [5.74, 6) is 2.49. The normalized spacial score (nSPS) is 25.8. The SMILES string of the molecule is Nc1ccc(Br)cc1SC1CCOC2(CCSCC2)C1. The van der Waals surface area contributed by atoms with E-state index >= 15 is 0 Å². The summed E-state index contributed by atoms with van der Waals surface area (Å²) in [7, 11) is 0. The summed E-state index contributed by atoms with van der Waals surface area (Å²) in [6.45, 7) is 0.899. The maximum atomic E-state index is 6.16. The molecule has 2 saturated heterocycles. The number of halogens is 1. The average molecular weight is 374 g/mol. The van der Waals surface area contributed by atoms with Gasteiger partial charge in [-0.2, -0.15) is 11.8 Å². The zero-order chi connectivity index (χ0) is 14.0. The van der Waals surface area contributed by atoms with Gasteiger partial charge in [0.1, 0.15) is 0 Å². The van der Waals surface area contributed by atoms with E-state index in [4.69, 9.17) is 10.5 Å². The Labute approximate surface area is 137 Å². The highest BCUT2D eigenvalue weighted by Crippen LogP contribution is 2.43. The topological polar surface area (TPSA) is 35.2 Å². The third kappa shape index (κ3) is 3.49. The molecule has 2 fully saturated rings. The van der Waals surface area contributed by atoms with Crippen molar-refractivity contribution in [1.82, 2.24) is 0 Å². The van der Waals surface area contributed by atoms with Gasteiger partial charge in [-0.1, -0.05) is 15.9 Å². The van der Waals surface area contributed by atoms with Crippen molar-refractivity contribution in [3.8, 4) is 0 Å². The molecule has 3 rings (SSSR count). The van der Waals surface area contributed by atoms with Crippen molar-refractivity contribution in [2.45, 2.75) is 41.4 Å². The molecule has 0 aromatic heterocycles. The summed E-state index contributed by atoms with van der Waals surface area (Å²) in [6.07, 6.45) is 4.72. The van der Waals surface area contributed by atoms with Crippen molar-refractivity contribution in [2.75, 3.05) is 23.8 Å². The average Bonchev–Trinajstić information content (AvgIpc) is 2.44. The van der Waals surface area contributed by atoms with E-state index in [0.29, 0.717) is 5.25 Å². The molecule has 1 atom stereocenters. The highest BCUT2D eigenvalue weighted by Gasteiger charge is 2.39. The van der Waals surface area contributed by atoms with Crippen molar-refractivity contribution in [2.24, 2.45) is 0 Å². The lowest BCUT2D eigenvalue weighted by atomic mass is 9.88. The number of nitrogen functional groups attached to an aromatic ring is 1. The lowest BCUT2D eigenvalue weighted by molar-refractivity contribution is -0.0804. The zero-order valence-electron chi connectivity index (χ0n) is 11.4. The van der Waals surface area contributed by atoms with Crippen LogP contribution in [-0.2, 0) is 4.74 Å². The number of rotatable bonds is 2. The third-order valence-corrected chi connectivity index (χ3v) is 6.94. The molecule has 20 heavy (non-hydrogen) atoms. The summed E-state index contributed by atoms with van der Waals surface area (Å²) in [5.41, 5.74) is 7.14. The molecule has 0 aliphatic carbocycles. The Hall–Kier alpha value is 0.160. The molecule has 1 spiro atoms. The molecule has 1 unspecified atom stereocenters. The van der Waals surface area contributed by atoms with Gasteiger partial charge in [0.25, 0.3) is 0 Å². The van der Waals surface area contributed by atoms with Gasteiger partial charge in [-0.05, 0) is 55.4 Å². The molecular weight excluding hydrogens is 354 g/mol. The number of hydrogen-bond donors (Lipinski definition) is 1. The second-order valence-corrected chi connectivity index (χ2v) is 9.04. The van der Waals surface area contributed by atoms with E-state index in [9.17, 15) is 0 Å². The highest BCUT2D eigenvalue weighted by molar-refractivity contribution is 9.10. The van der Waals surface area contributed by atoms with Crippen molar-refractivity contribution >= 4 is 45.1 Å². The van der Waals surface area contributed by atoms with Crippen LogP contribution in [0.3, 0.4) is 0 Å². The second-order valence-electron chi connectivity index (χ2n) is 5.56. The molecule has 0 saturated carbocycles. The Morgan fingerprint density at radius 1 is 1.35 bits per heavy atom. The van der Waals surface area contributed by atoms with Crippen LogP contribution in [0.15, 0.2) is 27.6 Å². The van der Waals surface area contributed by atoms with Crippen LogP contribution < -0.4 is 5.73 Å². The first-order valence-corrected chi connectivity index (χ1v) is 9.93. The van der Waals surface area contributed by atoms with E-state index in [1.807, 2.05) is 23.9 Å². The first kappa shape index (κ1) is 15.1. The highest BCUT2D eigenvalue weighted by atomic mass is 79.9. The number of thioether (sulfide) groups is 2. The molecule has 110 valence electrons. The Kier molecular flexibility index (Phi) is 4.90. The molecule has 0 bridgehead atoms. The molecular formula is C15H20BrNOS2. The molecule has 5 heteroatoms. The summed E-state index contributed by atoms with van der Waals surface area (Å²) in [6, 6.07) is 6.13. The summed E-state index contributed by atoms with van der Waals surface area (Å²) < 4.78 is 7.26. The van der Waals surface area contributed by atoms with Crippen LogP contribution in [0, 0.1) is 0 Å². The smallest absolute Gasteiger partial charge is 0.0709 e. The molecule has 2 aliphatic heterocycles. The van der Waals surface area contributed by atoms with E-state index in [1.165, 1.54) is 35.7 Å². The van der Waals surface area contributed by atoms with Crippen LogP contribution in [0.1, 0.15) is 25.7 Å². The van der Waals surface area contributed by atoms with Gasteiger partial charge in [0.2, 0.25) is 0 Å². The minimum Gasteiger partial charge on any atom is -0.398 e. The van der Waals surface area contributed by atoms with Gasteiger partial charge < -0.3 is 10.5 Å². The van der Waals surface area contributed by atoms with Crippen LogP contribution in [-0.4, -0.2) is 29.0 Å². The fraction of sp³-hybridized carbons (Fsp3) is 0.600. The van der Waals surface area contributed by atoms with Crippen molar-refractivity contribution in [3.63, 3.8) is 0 Å². The maximum Gasteiger partial charge on any atom is 0.0709 e. The number of hydrogen-bond acceptors (Lipinski definition) is 4. The van der Waals surface area contributed by atoms with E-state index in [-0.39, 0.29) is 5.60 Å². The lowest BCUT2D eigenvalue weighted by Gasteiger charge is -2.43. The van der Waals surface area contributed by atoms with Crippen LogP contribution in [0.5, 0.6) is 0 Å². The summed E-state index contributed by atoms with van der Waals surface area (Å²) in [5, 5.41) is 0.628. The number of benzene rings is 1. The Balaban J connectivity index is 1.69. The molecule has 1 aromatic rings. The van der Waals surface area contributed by atoms with Gasteiger partial charge in [-0.3, -0.25) is 0 Å². The third-order valence-electron chi connectivity index (χ3n) is 4.12. The van der Waals surface area contributed by atoms with E-state index < -0.39 is 0 Å². The molecule has 2 nitrogen and oxygen atoms in total. The van der Waals surface area contributed by atoms with Crippen LogP contribution in [0.2, 0.25) is 0 Å². The van der Waals surface area contributed by atoms with Crippen molar-refractivity contribution in [1.29, 1.82) is 0 Å². The quantitative estimate of drug-likeness (QED) is 0.770. The minimum absolute atomic E-state index is 0.155. The van der Waals surface area contributed by atoms with E-state index in [0.717, 1.165) is 23.2 Å². The van der Waals surface area contributed by atoms with Crippen molar-refractivity contribution < 1.29 is 4.74 Å². The fourth-order valence-corrected chi connectivity index (χ4v) is 6.07. The Bertz CT molecular complexity index is 471. The number of nitrogens with two attached hydrogens (primary N) is 1. The van der Waals surface area contributed by atoms with Gasteiger partial charge in [-0.25, -0.2) is 0 Å². The molecule has 2 aliphatic rings. The van der Waals surface area contributed by atoms with Gasteiger partial charge in [0, 0.05) is 26.9 Å². The number of ether oxygens (including phenoxy) is 1. The zero-order valence-corrected chi connectivity index (χ0v) is 14.7. The van der Waals surface area contributed by atoms with Crippen LogP contribution >= 0.6 is 39.5 Å². The van der Waals surface area contributed by atoms with Gasteiger partial charge in [-0.15, -0.1) is 11.8 Å². The first-order valence-electron chi connectivity index (χ1n) is 7.10. The molecule has 1 aromatic carbocycles. The molecule has 0 radical (unpaired) electrons. The van der Waals surface area contributed by atoms with E-state index in [2.05, 4.69) is 33.8 Å². The molecule has 2 N–H and O–H groups in total. The van der Waals surface area contributed by atoms with E-state index in [1.54, 1.807) is 0 Å². The summed E-state index contributed by atoms with van der Waals surface area (Å²) in [4.78, 5) is 1.20. The largest absolute Gasteiger partial charge is 0.398 e. The fourth-order valence-electron chi connectivity index (χ4n) is 2.97. The Morgan fingerprint density at radius 3 is 2.95 bits per heavy atom. The monoisotopic (exact) mass is 373 g/mol. The van der Waals surface area contributed by atoms with Crippen LogP contribution in [0.4, 0.5) is 5.69 Å². The summed E-state index contributed by atoms with van der Waals surface area (Å²) >= 11 is 7.53. The molecule has 2 heterocycles.